The van der Waals surface area contributed by atoms with E-state index in [0.29, 0.717) is 11.5 Å². The first kappa shape index (κ1) is 27.2. The van der Waals surface area contributed by atoms with Crippen LogP contribution in [0.25, 0.3) is 82.5 Å². The minimum Gasteiger partial charge on any atom is -0.238 e. The van der Waals surface area contributed by atoms with Crippen molar-refractivity contribution < 1.29 is 0 Å². The molecule has 0 bridgehead atoms. The van der Waals surface area contributed by atoms with Gasteiger partial charge in [-0.25, -0.2) is 14.8 Å². The smallest absolute Gasteiger partial charge is 0.187 e. The van der Waals surface area contributed by atoms with Gasteiger partial charge in [0.1, 0.15) is 0 Å². The molecule has 0 aliphatic carbocycles. The Morgan fingerprint density at radius 1 is 0.391 bits per heavy atom. The maximum Gasteiger partial charge on any atom is 0.187 e. The van der Waals surface area contributed by atoms with Gasteiger partial charge in [-0.2, -0.15) is 0 Å². The van der Waals surface area contributed by atoms with E-state index in [9.17, 15) is 0 Å². The van der Waals surface area contributed by atoms with Crippen LogP contribution in [0.3, 0.4) is 0 Å². The molecule has 8 rings (SSSR count). The van der Waals surface area contributed by atoms with Gasteiger partial charge in [-0.05, 0) is 50.2 Å². The van der Waals surface area contributed by atoms with Gasteiger partial charge >= 0.3 is 0 Å². The highest BCUT2D eigenvalue weighted by molar-refractivity contribution is 5.98. The molecule has 3 heteroatoms. The second-order valence-corrected chi connectivity index (χ2v) is 11.3. The van der Waals surface area contributed by atoms with E-state index in [1.807, 2.05) is 36.4 Å². The van der Waals surface area contributed by atoms with E-state index in [2.05, 4.69) is 132 Å². The molecule has 0 unspecified atom stereocenters. The van der Waals surface area contributed by atoms with Crippen LogP contribution in [0.4, 0.5) is 5.69 Å². The van der Waals surface area contributed by atoms with Crippen molar-refractivity contribution in [3.05, 3.63) is 175 Å². The van der Waals surface area contributed by atoms with Gasteiger partial charge in [-0.15, -0.1) is 0 Å². The normalized spacial score (nSPS) is 11.0. The molecular weight excluding hydrogens is 558 g/mol. The van der Waals surface area contributed by atoms with Crippen LogP contribution in [-0.4, -0.2) is 9.97 Å². The minimum absolute atomic E-state index is 0.651. The number of benzene rings is 7. The molecule has 0 aliphatic heterocycles. The summed E-state index contributed by atoms with van der Waals surface area (Å²) < 4.78 is 0. The zero-order valence-electron chi connectivity index (χ0n) is 24.9. The first-order valence-corrected chi connectivity index (χ1v) is 15.3. The topological polar surface area (TPSA) is 30.1 Å². The van der Waals surface area contributed by atoms with Crippen LogP contribution in [0.2, 0.25) is 0 Å². The van der Waals surface area contributed by atoms with Crippen molar-refractivity contribution in [2.45, 2.75) is 0 Å². The molecule has 46 heavy (non-hydrogen) atoms. The standard InChI is InChI=1S/C43H27N3/c1-44-37-27-25-32(26-28-37)30-15-13-29(14-16-30)31-17-23-36(24-18-31)43-45-41-12-5-4-10-40(41)42(46-43)35-21-19-34(20-22-35)39-11-6-8-33-7-2-3-9-38(33)39/h2-28H. The van der Waals surface area contributed by atoms with Gasteiger partial charge in [0, 0.05) is 16.5 Å². The lowest BCUT2D eigenvalue weighted by molar-refractivity contribution is 1.23. The maximum atomic E-state index is 7.17. The first-order valence-electron chi connectivity index (χ1n) is 15.3. The van der Waals surface area contributed by atoms with Crippen LogP contribution in [0, 0.1) is 6.57 Å². The van der Waals surface area contributed by atoms with Crippen molar-refractivity contribution in [3.63, 3.8) is 0 Å². The van der Waals surface area contributed by atoms with E-state index in [1.165, 1.54) is 21.9 Å². The number of hydrogen-bond donors (Lipinski definition) is 0. The lowest BCUT2D eigenvalue weighted by atomic mass is 9.96. The first-order chi connectivity index (χ1) is 22.7. The molecule has 0 fully saturated rings. The predicted octanol–water partition coefficient (Wildman–Crippen LogP) is 11.7. The van der Waals surface area contributed by atoms with Crippen LogP contribution in [0.1, 0.15) is 0 Å². The van der Waals surface area contributed by atoms with Crippen LogP contribution < -0.4 is 0 Å². The van der Waals surface area contributed by atoms with Gasteiger partial charge in [0.2, 0.25) is 0 Å². The molecule has 0 spiro atoms. The molecular formula is C43H27N3. The molecule has 0 radical (unpaired) electrons. The zero-order chi connectivity index (χ0) is 30.9. The fourth-order valence-corrected chi connectivity index (χ4v) is 6.11. The number of fused-ring (bicyclic) bond motifs is 2. The Kier molecular flexibility index (Phi) is 6.87. The third-order valence-electron chi connectivity index (χ3n) is 8.55. The molecule has 0 saturated carbocycles. The van der Waals surface area contributed by atoms with E-state index >= 15 is 0 Å². The highest BCUT2D eigenvalue weighted by Gasteiger charge is 2.13. The predicted molar refractivity (Wildman–Crippen MR) is 190 cm³/mol. The number of hydrogen-bond acceptors (Lipinski definition) is 2. The van der Waals surface area contributed by atoms with Crippen molar-refractivity contribution in [3.8, 4) is 56.0 Å². The number of para-hydroxylation sites is 1. The van der Waals surface area contributed by atoms with Gasteiger partial charge in [0.05, 0.1) is 17.8 Å². The maximum absolute atomic E-state index is 7.17. The quantitative estimate of drug-likeness (QED) is 0.188. The summed E-state index contributed by atoms with van der Waals surface area (Å²) in [5, 5.41) is 3.52. The number of rotatable bonds is 5. The van der Waals surface area contributed by atoms with Crippen LogP contribution in [0.15, 0.2) is 164 Å². The lowest BCUT2D eigenvalue weighted by Crippen LogP contribution is -1.95. The second-order valence-electron chi connectivity index (χ2n) is 11.3. The third-order valence-corrected chi connectivity index (χ3v) is 8.55. The molecule has 0 N–H and O–H groups in total. The van der Waals surface area contributed by atoms with E-state index in [1.54, 1.807) is 0 Å². The molecule has 1 heterocycles. The van der Waals surface area contributed by atoms with Crippen molar-refractivity contribution >= 4 is 27.4 Å². The van der Waals surface area contributed by atoms with Gasteiger partial charge in [0.25, 0.3) is 0 Å². The van der Waals surface area contributed by atoms with Crippen LogP contribution in [0.5, 0.6) is 0 Å². The average Bonchev–Trinajstić information content (AvgIpc) is 3.14. The van der Waals surface area contributed by atoms with Crippen molar-refractivity contribution in [2.75, 3.05) is 0 Å². The Morgan fingerprint density at radius 2 is 0.891 bits per heavy atom. The Morgan fingerprint density at radius 3 is 1.54 bits per heavy atom. The summed E-state index contributed by atoms with van der Waals surface area (Å²) in [5.41, 5.74) is 11.4. The monoisotopic (exact) mass is 585 g/mol. The highest BCUT2D eigenvalue weighted by atomic mass is 14.9. The van der Waals surface area contributed by atoms with E-state index in [-0.39, 0.29) is 0 Å². The highest BCUT2D eigenvalue weighted by Crippen LogP contribution is 2.34. The zero-order valence-corrected chi connectivity index (χ0v) is 24.9. The minimum atomic E-state index is 0.651. The van der Waals surface area contributed by atoms with Crippen LogP contribution >= 0.6 is 0 Å². The fraction of sp³-hybridized carbons (Fsp3) is 0. The Labute approximate surface area is 267 Å². The van der Waals surface area contributed by atoms with Gasteiger partial charge < -0.3 is 0 Å². The van der Waals surface area contributed by atoms with Gasteiger partial charge in [-0.3, -0.25) is 0 Å². The summed E-state index contributed by atoms with van der Waals surface area (Å²) in [6.07, 6.45) is 0. The lowest BCUT2D eigenvalue weighted by Gasteiger charge is -2.11. The second kappa shape index (κ2) is 11.6. The van der Waals surface area contributed by atoms with Gasteiger partial charge in [0.15, 0.2) is 11.5 Å². The Hall–Kier alpha value is -6.37. The molecule has 7 aromatic carbocycles. The molecule has 0 atom stereocenters. The third kappa shape index (κ3) is 5.09. The summed E-state index contributed by atoms with van der Waals surface area (Å²) in [6, 6.07) is 56.6. The SMILES string of the molecule is [C-]#[N+]c1ccc(-c2ccc(-c3ccc(-c4nc(-c5ccc(-c6cccc7ccccc67)cc5)c5ccccc5n4)cc3)cc2)cc1. The summed E-state index contributed by atoms with van der Waals surface area (Å²) in [7, 11) is 0. The summed E-state index contributed by atoms with van der Waals surface area (Å²) in [6.45, 7) is 7.17. The largest absolute Gasteiger partial charge is 0.238 e. The van der Waals surface area contributed by atoms with Crippen molar-refractivity contribution in [2.24, 2.45) is 0 Å². The van der Waals surface area contributed by atoms with Crippen molar-refractivity contribution in [1.82, 2.24) is 9.97 Å². The summed E-state index contributed by atoms with van der Waals surface area (Å²) in [4.78, 5) is 13.6. The Bertz CT molecular complexity index is 2380. The number of aromatic nitrogens is 2. The van der Waals surface area contributed by atoms with Crippen molar-refractivity contribution in [1.29, 1.82) is 0 Å². The average molecular weight is 586 g/mol. The molecule has 0 amide bonds. The molecule has 0 aliphatic rings. The van der Waals surface area contributed by atoms with E-state index in [4.69, 9.17) is 16.5 Å². The molecule has 0 saturated heterocycles. The fourth-order valence-electron chi connectivity index (χ4n) is 6.11. The molecule has 3 nitrogen and oxygen atoms in total. The molecule has 1 aromatic heterocycles. The molecule has 214 valence electrons. The van der Waals surface area contributed by atoms with E-state index < -0.39 is 0 Å². The summed E-state index contributed by atoms with van der Waals surface area (Å²) >= 11 is 0. The summed E-state index contributed by atoms with van der Waals surface area (Å²) in [5.74, 6) is 0.705. The van der Waals surface area contributed by atoms with Crippen LogP contribution in [-0.2, 0) is 0 Å². The number of nitrogens with zero attached hydrogens (tertiary/aromatic N) is 3. The Balaban J connectivity index is 1.11. The van der Waals surface area contributed by atoms with Gasteiger partial charge in [-0.1, -0.05) is 158 Å². The molecule has 8 aromatic rings. The van der Waals surface area contributed by atoms with E-state index in [0.717, 1.165) is 50.0 Å².